The highest BCUT2D eigenvalue weighted by Crippen LogP contribution is 2.49. The van der Waals surface area contributed by atoms with E-state index in [1.54, 1.807) is 0 Å². The minimum absolute atomic E-state index is 0.145. The van der Waals surface area contributed by atoms with E-state index < -0.39 is 30.1 Å². The van der Waals surface area contributed by atoms with Crippen LogP contribution in [0.5, 0.6) is 0 Å². The first kappa shape index (κ1) is 14.8. The van der Waals surface area contributed by atoms with Crippen molar-refractivity contribution in [1.29, 1.82) is 0 Å². The van der Waals surface area contributed by atoms with Gasteiger partial charge in [0.1, 0.15) is 6.61 Å². The number of alkyl carbamates (subject to hydrolysis) is 1. The smallest absolute Gasteiger partial charge is 0.407 e. The molecule has 6 heteroatoms. The maximum atomic E-state index is 11.9. The summed E-state index contributed by atoms with van der Waals surface area (Å²) in [6.45, 7) is 0.145. The van der Waals surface area contributed by atoms with E-state index in [4.69, 9.17) is 4.74 Å². The molecule has 5 unspecified atom stereocenters. The lowest BCUT2D eigenvalue weighted by atomic mass is 9.93. The molecule has 2 aliphatic carbocycles. The van der Waals surface area contributed by atoms with Crippen molar-refractivity contribution in [2.75, 3.05) is 0 Å². The molecule has 118 valence electrons. The first-order valence-electron chi connectivity index (χ1n) is 7.46. The average molecular weight is 305 g/mol. The number of carboxylic acid groups (broad SMARTS) is 1. The summed E-state index contributed by atoms with van der Waals surface area (Å²) in [6.07, 6.45) is -0.0312. The number of amides is 1. The maximum Gasteiger partial charge on any atom is 0.407 e. The largest absolute Gasteiger partial charge is 0.481 e. The maximum absolute atomic E-state index is 11.9. The van der Waals surface area contributed by atoms with E-state index in [2.05, 4.69) is 5.32 Å². The van der Waals surface area contributed by atoms with Crippen LogP contribution in [0.3, 0.4) is 0 Å². The highest BCUT2D eigenvalue weighted by Gasteiger charge is 2.57. The molecular formula is C16H19NO5. The third-order valence-electron chi connectivity index (χ3n) is 4.81. The summed E-state index contributed by atoms with van der Waals surface area (Å²) in [7, 11) is 0. The molecule has 0 aliphatic heterocycles. The highest BCUT2D eigenvalue weighted by molar-refractivity contribution is 5.73. The topological polar surface area (TPSA) is 95.9 Å². The van der Waals surface area contributed by atoms with Gasteiger partial charge in [-0.3, -0.25) is 4.79 Å². The van der Waals surface area contributed by atoms with Crippen LogP contribution in [0.1, 0.15) is 18.4 Å². The fourth-order valence-corrected chi connectivity index (χ4v) is 3.83. The SMILES string of the molecule is O=C(NC1C(O)C2CCC1C2C(=O)O)OCc1ccccc1. The molecule has 0 radical (unpaired) electrons. The van der Waals surface area contributed by atoms with Gasteiger partial charge in [-0.2, -0.15) is 0 Å². The minimum atomic E-state index is -0.895. The van der Waals surface area contributed by atoms with Crippen LogP contribution in [0, 0.1) is 17.8 Å². The van der Waals surface area contributed by atoms with Crippen molar-refractivity contribution < 1.29 is 24.5 Å². The van der Waals surface area contributed by atoms with Crippen molar-refractivity contribution in [1.82, 2.24) is 5.32 Å². The van der Waals surface area contributed by atoms with E-state index in [0.717, 1.165) is 5.56 Å². The number of fused-ring (bicyclic) bond motifs is 2. The lowest BCUT2D eigenvalue weighted by Gasteiger charge is -2.27. The molecule has 3 N–H and O–H groups in total. The Bertz CT molecular complexity index is 561. The molecule has 2 aliphatic rings. The van der Waals surface area contributed by atoms with Gasteiger partial charge in [-0.1, -0.05) is 30.3 Å². The van der Waals surface area contributed by atoms with E-state index >= 15 is 0 Å². The lowest BCUT2D eigenvalue weighted by Crippen LogP contribution is -2.47. The molecule has 5 atom stereocenters. The van der Waals surface area contributed by atoms with Crippen LogP contribution < -0.4 is 5.32 Å². The molecule has 1 aromatic carbocycles. The third-order valence-corrected chi connectivity index (χ3v) is 4.81. The van der Waals surface area contributed by atoms with E-state index in [9.17, 15) is 19.8 Å². The number of aliphatic hydroxyl groups is 1. The van der Waals surface area contributed by atoms with Gasteiger partial charge in [0.15, 0.2) is 0 Å². The van der Waals surface area contributed by atoms with Crippen LogP contribution in [-0.2, 0) is 16.1 Å². The molecule has 2 saturated carbocycles. The van der Waals surface area contributed by atoms with Crippen molar-refractivity contribution in [3.8, 4) is 0 Å². The van der Waals surface area contributed by atoms with Gasteiger partial charge in [0.05, 0.1) is 18.1 Å². The number of aliphatic hydroxyl groups excluding tert-OH is 1. The molecule has 1 aromatic rings. The molecule has 1 amide bonds. The number of benzene rings is 1. The number of aliphatic carboxylic acids is 1. The molecule has 2 fully saturated rings. The van der Waals surface area contributed by atoms with Crippen molar-refractivity contribution >= 4 is 12.1 Å². The predicted octanol–water partition coefficient (Wildman–Crippen LogP) is 1.38. The monoisotopic (exact) mass is 305 g/mol. The second-order valence-corrected chi connectivity index (χ2v) is 5.99. The Morgan fingerprint density at radius 1 is 1.18 bits per heavy atom. The standard InChI is InChI=1S/C16H19NO5/c18-14-11-7-6-10(12(11)15(19)20)13(14)17-16(21)22-8-9-4-2-1-3-5-9/h1-5,10-14,18H,6-8H2,(H,17,21)(H,19,20). The fourth-order valence-electron chi connectivity index (χ4n) is 3.83. The van der Waals surface area contributed by atoms with Gasteiger partial charge < -0.3 is 20.3 Å². The van der Waals surface area contributed by atoms with Crippen LogP contribution >= 0.6 is 0 Å². The van der Waals surface area contributed by atoms with Gasteiger partial charge in [0, 0.05) is 5.92 Å². The summed E-state index contributed by atoms with van der Waals surface area (Å²) in [5.41, 5.74) is 0.870. The first-order valence-corrected chi connectivity index (χ1v) is 7.46. The minimum Gasteiger partial charge on any atom is -0.481 e. The zero-order valence-electron chi connectivity index (χ0n) is 12.0. The Labute approximate surface area is 128 Å². The van der Waals surface area contributed by atoms with Gasteiger partial charge in [0.2, 0.25) is 0 Å². The van der Waals surface area contributed by atoms with Crippen LogP contribution in [-0.4, -0.2) is 34.4 Å². The number of ether oxygens (including phenoxy) is 1. The Balaban J connectivity index is 1.57. The Hall–Kier alpha value is -2.08. The number of hydrogen-bond acceptors (Lipinski definition) is 4. The highest BCUT2D eigenvalue weighted by atomic mass is 16.5. The summed E-state index contributed by atoms with van der Waals surface area (Å²) in [5, 5.41) is 22.1. The Kier molecular flexibility index (Phi) is 4.02. The molecule has 2 bridgehead atoms. The van der Waals surface area contributed by atoms with Crippen LogP contribution in [0.15, 0.2) is 30.3 Å². The number of rotatable bonds is 4. The van der Waals surface area contributed by atoms with E-state index in [-0.39, 0.29) is 18.4 Å². The van der Waals surface area contributed by atoms with Crippen molar-refractivity contribution in [2.24, 2.45) is 17.8 Å². The first-order chi connectivity index (χ1) is 10.6. The molecule has 6 nitrogen and oxygen atoms in total. The van der Waals surface area contributed by atoms with Crippen LogP contribution in [0.2, 0.25) is 0 Å². The van der Waals surface area contributed by atoms with Gasteiger partial charge in [0.25, 0.3) is 0 Å². The zero-order valence-corrected chi connectivity index (χ0v) is 12.0. The van der Waals surface area contributed by atoms with Crippen molar-refractivity contribution in [3.05, 3.63) is 35.9 Å². The number of nitrogens with one attached hydrogen (secondary N) is 1. The number of carbonyl (C=O) groups excluding carboxylic acids is 1. The van der Waals surface area contributed by atoms with Gasteiger partial charge in [-0.25, -0.2) is 4.79 Å². The second-order valence-electron chi connectivity index (χ2n) is 5.99. The van der Waals surface area contributed by atoms with Crippen LogP contribution in [0.25, 0.3) is 0 Å². The normalized spacial score (nSPS) is 32.7. The van der Waals surface area contributed by atoms with Gasteiger partial charge >= 0.3 is 12.1 Å². The second kappa shape index (κ2) is 5.96. The Morgan fingerprint density at radius 2 is 1.86 bits per heavy atom. The third kappa shape index (κ3) is 2.66. The van der Waals surface area contributed by atoms with Crippen molar-refractivity contribution in [3.63, 3.8) is 0 Å². The summed E-state index contributed by atoms with van der Waals surface area (Å²) in [4.78, 5) is 23.2. The lowest BCUT2D eigenvalue weighted by molar-refractivity contribution is -0.143. The molecule has 0 spiro atoms. The summed E-state index contributed by atoms with van der Waals surface area (Å²) in [5.74, 6) is -1.97. The van der Waals surface area contributed by atoms with E-state index in [0.29, 0.717) is 12.8 Å². The van der Waals surface area contributed by atoms with Crippen molar-refractivity contribution in [2.45, 2.75) is 31.6 Å². The predicted molar refractivity (Wildman–Crippen MR) is 76.9 cm³/mol. The molecule has 0 saturated heterocycles. The van der Waals surface area contributed by atoms with E-state index in [1.165, 1.54) is 0 Å². The van der Waals surface area contributed by atoms with Gasteiger partial charge in [-0.05, 0) is 24.3 Å². The quantitative estimate of drug-likeness (QED) is 0.781. The van der Waals surface area contributed by atoms with Crippen LogP contribution in [0.4, 0.5) is 4.79 Å². The zero-order chi connectivity index (χ0) is 15.7. The summed E-state index contributed by atoms with van der Waals surface area (Å²) < 4.78 is 5.13. The summed E-state index contributed by atoms with van der Waals surface area (Å²) >= 11 is 0. The summed E-state index contributed by atoms with van der Waals surface area (Å²) in [6, 6.07) is 8.74. The molecule has 22 heavy (non-hydrogen) atoms. The molecule has 0 heterocycles. The number of carboxylic acids is 1. The number of hydrogen-bond donors (Lipinski definition) is 3. The van der Waals surface area contributed by atoms with E-state index in [1.807, 2.05) is 30.3 Å². The average Bonchev–Trinajstić information content (AvgIpc) is 3.04. The molecular weight excluding hydrogens is 286 g/mol. The molecule has 0 aromatic heterocycles. The Morgan fingerprint density at radius 3 is 2.50 bits per heavy atom. The van der Waals surface area contributed by atoms with Gasteiger partial charge in [-0.15, -0.1) is 0 Å². The number of carbonyl (C=O) groups is 2. The molecule has 3 rings (SSSR count). The fraction of sp³-hybridized carbons (Fsp3) is 0.500.